The lowest BCUT2D eigenvalue weighted by molar-refractivity contribution is 0.0631. The zero-order valence-corrected chi connectivity index (χ0v) is 16.2. The lowest BCUT2D eigenvalue weighted by atomic mass is 9.98. The Morgan fingerprint density at radius 2 is 2.14 bits per heavy atom. The fraction of sp³-hybridized carbons (Fsp3) is 0.350. The SMILES string of the molecule is Cc1csc2ncc(C(=O)N3CCC[C@H](COc4ccc(F)cc4)C3)c(=O)n12. The quantitative estimate of drug-likeness (QED) is 0.674. The predicted molar refractivity (Wildman–Crippen MR) is 105 cm³/mol. The van der Waals surface area contributed by atoms with Crippen LogP contribution in [0.1, 0.15) is 28.9 Å². The molecule has 1 aromatic carbocycles. The first-order valence-electron chi connectivity index (χ1n) is 9.16. The van der Waals surface area contributed by atoms with Gasteiger partial charge in [-0.15, -0.1) is 11.3 Å². The van der Waals surface area contributed by atoms with Crippen molar-refractivity contribution in [2.24, 2.45) is 5.92 Å². The molecule has 3 aromatic rings. The molecule has 0 bridgehead atoms. The molecule has 0 N–H and O–H groups in total. The van der Waals surface area contributed by atoms with E-state index in [1.165, 1.54) is 34.1 Å². The van der Waals surface area contributed by atoms with Crippen LogP contribution in [0.15, 0.2) is 40.6 Å². The van der Waals surface area contributed by atoms with Crippen LogP contribution in [-0.2, 0) is 0 Å². The number of fused-ring (bicyclic) bond motifs is 1. The van der Waals surface area contributed by atoms with Gasteiger partial charge in [-0.05, 0) is 44.0 Å². The van der Waals surface area contributed by atoms with E-state index in [1.54, 1.807) is 17.0 Å². The van der Waals surface area contributed by atoms with Gasteiger partial charge < -0.3 is 9.64 Å². The van der Waals surface area contributed by atoms with Crippen molar-refractivity contribution < 1.29 is 13.9 Å². The van der Waals surface area contributed by atoms with E-state index in [2.05, 4.69) is 4.98 Å². The van der Waals surface area contributed by atoms with E-state index >= 15 is 0 Å². The molecule has 3 heterocycles. The first-order valence-corrected chi connectivity index (χ1v) is 10.0. The van der Waals surface area contributed by atoms with Gasteiger partial charge in [0, 0.05) is 36.3 Å². The summed E-state index contributed by atoms with van der Waals surface area (Å²) in [6, 6.07) is 5.89. The molecule has 1 aliphatic heterocycles. The average Bonchev–Trinajstić information content (AvgIpc) is 3.09. The van der Waals surface area contributed by atoms with Gasteiger partial charge in [-0.1, -0.05) is 0 Å². The maximum absolute atomic E-state index is 13.0. The summed E-state index contributed by atoms with van der Waals surface area (Å²) in [6.07, 6.45) is 3.16. The Hall–Kier alpha value is -2.74. The summed E-state index contributed by atoms with van der Waals surface area (Å²) in [5, 5.41) is 1.85. The van der Waals surface area contributed by atoms with Crippen LogP contribution < -0.4 is 10.3 Å². The molecule has 0 aliphatic carbocycles. The second-order valence-corrected chi connectivity index (χ2v) is 7.83. The molecule has 1 saturated heterocycles. The van der Waals surface area contributed by atoms with Crippen molar-refractivity contribution >= 4 is 22.2 Å². The van der Waals surface area contributed by atoms with Crippen LogP contribution in [0.25, 0.3) is 4.96 Å². The Morgan fingerprint density at radius 3 is 2.93 bits per heavy atom. The third-order valence-corrected chi connectivity index (χ3v) is 5.91. The van der Waals surface area contributed by atoms with Gasteiger partial charge in [0.25, 0.3) is 11.5 Å². The van der Waals surface area contributed by atoms with Crippen molar-refractivity contribution in [3.8, 4) is 5.75 Å². The fourth-order valence-electron chi connectivity index (χ4n) is 3.47. The van der Waals surface area contributed by atoms with E-state index in [0.717, 1.165) is 18.5 Å². The number of ether oxygens (including phenoxy) is 1. The summed E-state index contributed by atoms with van der Waals surface area (Å²) in [6.45, 7) is 3.39. The molecule has 6 nitrogen and oxygen atoms in total. The van der Waals surface area contributed by atoms with Gasteiger partial charge >= 0.3 is 0 Å². The van der Waals surface area contributed by atoms with Gasteiger partial charge in [-0.25, -0.2) is 9.37 Å². The number of thiazole rings is 1. The van der Waals surface area contributed by atoms with Crippen LogP contribution in [-0.4, -0.2) is 39.9 Å². The molecule has 2 aromatic heterocycles. The van der Waals surface area contributed by atoms with Gasteiger partial charge in [0.2, 0.25) is 0 Å². The lowest BCUT2D eigenvalue weighted by Crippen LogP contribution is -2.43. The summed E-state index contributed by atoms with van der Waals surface area (Å²) in [5.74, 6) is 0.166. The van der Waals surface area contributed by atoms with Gasteiger partial charge in [-0.3, -0.25) is 14.0 Å². The maximum atomic E-state index is 13.0. The molecule has 0 saturated carbocycles. The first kappa shape index (κ1) is 18.6. The van der Waals surface area contributed by atoms with Crippen molar-refractivity contribution in [1.82, 2.24) is 14.3 Å². The van der Waals surface area contributed by atoms with Crippen molar-refractivity contribution in [3.05, 3.63) is 63.3 Å². The zero-order chi connectivity index (χ0) is 19.7. The molecule has 8 heteroatoms. The van der Waals surface area contributed by atoms with E-state index in [0.29, 0.717) is 30.4 Å². The summed E-state index contributed by atoms with van der Waals surface area (Å²) in [7, 11) is 0. The van der Waals surface area contributed by atoms with E-state index in [4.69, 9.17) is 4.74 Å². The molecule has 1 fully saturated rings. The number of piperidine rings is 1. The highest BCUT2D eigenvalue weighted by molar-refractivity contribution is 7.15. The molecular formula is C20H20FN3O3S. The highest BCUT2D eigenvalue weighted by Gasteiger charge is 2.27. The van der Waals surface area contributed by atoms with E-state index in [-0.39, 0.29) is 28.8 Å². The number of benzene rings is 1. The zero-order valence-electron chi connectivity index (χ0n) is 15.4. The van der Waals surface area contributed by atoms with Gasteiger partial charge in [0.1, 0.15) is 17.1 Å². The lowest BCUT2D eigenvalue weighted by Gasteiger charge is -2.32. The molecule has 28 heavy (non-hydrogen) atoms. The van der Waals surface area contributed by atoms with Crippen LogP contribution in [0.4, 0.5) is 4.39 Å². The van der Waals surface area contributed by atoms with Gasteiger partial charge in [-0.2, -0.15) is 0 Å². The number of hydrogen-bond acceptors (Lipinski definition) is 5. The molecule has 0 spiro atoms. The van der Waals surface area contributed by atoms with E-state index < -0.39 is 0 Å². The first-order chi connectivity index (χ1) is 13.5. The second-order valence-electron chi connectivity index (χ2n) is 7.00. The Bertz CT molecular complexity index is 1060. The highest BCUT2D eigenvalue weighted by atomic mass is 32.1. The van der Waals surface area contributed by atoms with Gasteiger partial charge in [0.15, 0.2) is 4.96 Å². The minimum atomic E-state index is -0.321. The predicted octanol–water partition coefficient (Wildman–Crippen LogP) is 3.13. The summed E-state index contributed by atoms with van der Waals surface area (Å²) in [4.78, 5) is 32.2. The number of halogens is 1. The molecule has 4 rings (SSSR count). The Labute approximate surface area is 165 Å². The topological polar surface area (TPSA) is 63.9 Å². The summed E-state index contributed by atoms with van der Waals surface area (Å²) < 4.78 is 20.2. The second kappa shape index (κ2) is 7.71. The Morgan fingerprint density at radius 1 is 1.36 bits per heavy atom. The summed E-state index contributed by atoms with van der Waals surface area (Å²) in [5.41, 5.74) is 0.550. The standard InChI is InChI=1S/C20H20FN3O3S/c1-13-12-28-20-22-9-17(19(26)24(13)20)18(25)23-8-2-3-14(10-23)11-27-16-6-4-15(21)5-7-16/h4-7,9,12,14H,2-3,8,10-11H2,1H3/t14-/m0/s1. The molecule has 1 amide bonds. The number of rotatable bonds is 4. The Balaban J connectivity index is 1.46. The van der Waals surface area contributed by atoms with Crippen molar-refractivity contribution in [2.75, 3.05) is 19.7 Å². The van der Waals surface area contributed by atoms with Crippen LogP contribution in [0.5, 0.6) is 5.75 Å². The normalized spacial score (nSPS) is 17.1. The fourth-order valence-corrected chi connectivity index (χ4v) is 4.30. The van der Waals surface area contributed by atoms with Crippen LogP contribution in [0.2, 0.25) is 0 Å². The number of nitrogens with zero attached hydrogens (tertiary/aromatic N) is 3. The number of aryl methyl sites for hydroxylation is 1. The summed E-state index contributed by atoms with van der Waals surface area (Å²) >= 11 is 1.38. The van der Waals surface area contributed by atoms with Gasteiger partial charge in [0.05, 0.1) is 6.61 Å². The molecule has 0 radical (unpaired) electrons. The molecule has 1 aliphatic rings. The third-order valence-electron chi connectivity index (χ3n) is 4.95. The number of hydrogen-bond donors (Lipinski definition) is 0. The van der Waals surface area contributed by atoms with Crippen LogP contribution >= 0.6 is 11.3 Å². The van der Waals surface area contributed by atoms with Crippen molar-refractivity contribution in [1.29, 1.82) is 0 Å². The van der Waals surface area contributed by atoms with Crippen LogP contribution in [0, 0.1) is 18.7 Å². The molecule has 1 atom stereocenters. The smallest absolute Gasteiger partial charge is 0.271 e. The maximum Gasteiger partial charge on any atom is 0.271 e. The number of aromatic nitrogens is 2. The highest BCUT2D eigenvalue weighted by Crippen LogP contribution is 2.20. The third kappa shape index (κ3) is 3.64. The van der Waals surface area contributed by atoms with E-state index in [1.807, 2.05) is 12.3 Å². The van der Waals surface area contributed by atoms with Crippen LogP contribution in [0.3, 0.4) is 0 Å². The monoisotopic (exact) mass is 401 g/mol. The minimum Gasteiger partial charge on any atom is -0.493 e. The molecule has 146 valence electrons. The molecular weight excluding hydrogens is 381 g/mol. The largest absolute Gasteiger partial charge is 0.493 e. The van der Waals surface area contributed by atoms with Crippen molar-refractivity contribution in [3.63, 3.8) is 0 Å². The van der Waals surface area contributed by atoms with Crippen molar-refractivity contribution in [2.45, 2.75) is 19.8 Å². The number of likely N-dealkylation sites (tertiary alicyclic amines) is 1. The number of carbonyl (C=O) groups is 1. The number of carbonyl (C=O) groups excluding carboxylic acids is 1. The minimum absolute atomic E-state index is 0.0964. The number of amides is 1. The Kier molecular flexibility index (Phi) is 5.13. The molecule has 0 unspecified atom stereocenters. The van der Waals surface area contributed by atoms with E-state index in [9.17, 15) is 14.0 Å². The average molecular weight is 401 g/mol.